The summed E-state index contributed by atoms with van der Waals surface area (Å²) < 4.78 is 0. The molecule has 0 fully saturated rings. The van der Waals surface area contributed by atoms with Gasteiger partial charge in [-0.2, -0.15) is 0 Å². The van der Waals surface area contributed by atoms with Crippen LogP contribution in [0.15, 0.2) is 11.6 Å². The van der Waals surface area contributed by atoms with E-state index >= 15 is 0 Å². The SMILES string of the molecule is CC=C(C)CCCCCO. The van der Waals surface area contributed by atoms with Crippen LogP contribution in [0.4, 0.5) is 0 Å². The van der Waals surface area contributed by atoms with Crippen molar-refractivity contribution in [2.75, 3.05) is 6.61 Å². The van der Waals surface area contributed by atoms with E-state index in [1.54, 1.807) is 0 Å². The Kier molecular flexibility index (Phi) is 6.61. The second-order valence-corrected chi connectivity index (χ2v) is 2.67. The lowest BCUT2D eigenvalue weighted by Crippen LogP contribution is -1.83. The molecule has 0 heterocycles. The van der Waals surface area contributed by atoms with E-state index in [2.05, 4.69) is 19.9 Å². The standard InChI is InChI=1S/C9H18O/c1-3-9(2)7-5-4-6-8-10/h3,10H,4-8H2,1-2H3. The molecular formula is C9H18O. The molecule has 0 aromatic rings. The van der Waals surface area contributed by atoms with Crippen molar-refractivity contribution in [2.45, 2.75) is 39.5 Å². The molecule has 0 amide bonds. The lowest BCUT2D eigenvalue weighted by Gasteiger charge is -1.98. The summed E-state index contributed by atoms with van der Waals surface area (Å²) in [4.78, 5) is 0. The number of rotatable bonds is 5. The molecule has 1 N–H and O–H groups in total. The zero-order chi connectivity index (χ0) is 7.82. The maximum absolute atomic E-state index is 8.47. The highest BCUT2D eigenvalue weighted by Gasteiger charge is 1.88. The summed E-state index contributed by atoms with van der Waals surface area (Å²) in [7, 11) is 0. The Morgan fingerprint density at radius 2 is 2.00 bits per heavy atom. The summed E-state index contributed by atoms with van der Waals surface area (Å²) in [5, 5.41) is 8.47. The Balaban J connectivity index is 3.04. The van der Waals surface area contributed by atoms with Gasteiger partial charge in [-0.3, -0.25) is 0 Å². The van der Waals surface area contributed by atoms with Crippen molar-refractivity contribution in [2.24, 2.45) is 0 Å². The zero-order valence-corrected chi connectivity index (χ0v) is 7.06. The quantitative estimate of drug-likeness (QED) is 0.462. The van der Waals surface area contributed by atoms with Crippen molar-refractivity contribution in [3.63, 3.8) is 0 Å². The smallest absolute Gasteiger partial charge is 0.0431 e. The van der Waals surface area contributed by atoms with E-state index in [0.717, 1.165) is 12.8 Å². The van der Waals surface area contributed by atoms with Gasteiger partial charge in [0, 0.05) is 6.61 Å². The number of aliphatic hydroxyl groups is 1. The van der Waals surface area contributed by atoms with Crippen LogP contribution >= 0.6 is 0 Å². The Hall–Kier alpha value is -0.300. The van der Waals surface area contributed by atoms with E-state index in [-0.39, 0.29) is 0 Å². The van der Waals surface area contributed by atoms with Crippen LogP contribution in [0.25, 0.3) is 0 Å². The predicted molar refractivity (Wildman–Crippen MR) is 45.0 cm³/mol. The van der Waals surface area contributed by atoms with Crippen LogP contribution in [0, 0.1) is 0 Å². The van der Waals surface area contributed by atoms with E-state index in [4.69, 9.17) is 5.11 Å². The van der Waals surface area contributed by atoms with Gasteiger partial charge in [0.2, 0.25) is 0 Å². The van der Waals surface area contributed by atoms with Crippen molar-refractivity contribution in [1.29, 1.82) is 0 Å². The molecule has 10 heavy (non-hydrogen) atoms. The van der Waals surface area contributed by atoms with Crippen LogP contribution in [-0.2, 0) is 0 Å². The highest BCUT2D eigenvalue weighted by atomic mass is 16.2. The minimum absolute atomic E-state index is 0.342. The van der Waals surface area contributed by atoms with Crippen molar-refractivity contribution in [3.8, 4) is 0 Å². The minimum Gasteiger partial charge on any atom is -0.396 e. The molecule has 0 bridgehead atoms. The fourth-order valence-corrected chi connectivity index (χ4v) is 0.837. The van der Waals surface area contributed by atoms with E-state index in [1.165, 1.54) is 18.4 Å². The molecule has 0 saturated carbocycles. The van der Waals surface area contributed by atoms with Gasteiger partial charge in [0.05, 0.1) is 0 Å². The summed E-state index contributed by atoms with van der Waals surface area (Å²) in [6.07, 6.45) is 6.67. The van der Waals surface area contributed by atoms with E-state index in [9.17, 15) is 0 Å². The molecule has 0 atom stereocenters. The maximum atomic E-state index is 8.47. The van der Waals surface area contributed by atoms with Crippen molar-refractivity contribution in [1.82, 2.24) is 0 Å². The fourth-order valence-electron chi connectivity index (χ4n) is 0.837. The first-order valence-electron chi connectivity index (χ1n) is 4.04. The molecule has 0 aliphatic rings. The van der Waals surface area contributed by atoms with Crippen LogP contribution in [0.2, 0.25) is 0 Å². The summed E-state index contributed by atoms with van der Waals surface area (Å²) >= 11 is 0. The van der Waals surface area contributed by atoms with Gasteiger partial charge in [-0.05, 0) is 33.1 Å². The normalized spacial score (nSPS) is 12.1. The second kappa shape index (κ2) is 6.81. The number of hydrogen-bond donors (Lipinski definition) is 1. The summed E-state index contributed by atoms with van der Waals surface area (Å²) in [5.41, 5.74) is 1.46. The minimum atomic E-state index is 0.342. The van der Waals surface area contributed by atoms with Gasteiger partial charge in [0.1, 0.15) is 0 Å². The Morgan fingerprint density at radius 1 is 1.30 bits per heavy atom. The summed E-state index contributed by atoms with van der Waals surface area (Å²) in [5.74, 6) is 0. The third-order valence-electron chi connectivity index (χ3n) is 1.72. The van der Waals surface area contributed by atoms with Crippen LogP contribution in [0.1, 0.15) is 39.5 Å². The summed E-state index contributed by atoms with van der Waals surface area (Å²) in [6, 6.07) is 0. The Bertz CT molecular complexity index is 94.9. The molecule has 0 unspecified atom stereocenters. The molecule has 60 valence electrons. The number of aliphatic hydroxyl groups excluding tert-OH is 1. The second-order valence-electron chi connectivity index (χ2n) is 2.67. The Morgan fingerprint density at radius 3 is 2.50 bits per heavy atom. The lowest BCUT2D eigenvalue weighted by atomic mass is 10.1. The molecule has 0 saturated heterocycles. The largest absolute Gasteiger partial charge is 0.396 e. The maximum Gasteiger partial charge on any atom is 0.0431 e. The average Bonchev–Trinajstić information content (AvgIpc) is 1.98. The van der Waals surface area contributed by atoms with E-state index in [0.29, 0.717) is 6.61 Å². The van der Waals surface area contributed by atoms with Crippen LogP contribution < -0.4 is 0 Å². The van der Waals surface area contributed by atoms with Gasteiger partial charge < -0.3 is 5.11 Å². The molecule has 1 nitrogen and oxygen atoms in total. The molecule has 0 rings (SSSR count). The molecule has 0 aromatic heterocycles. The van der Waals surface area contributed by atoms with Crippen LogP contribution in [-0.4, -0.2) is 11.7 Å². The average molecular weight is 142 g/mol. The van der Waals surface area contributed by atoms with Crippen LogP contribution in [0.3, 0.4) is 0 Å². The van der Waals surface area contributed by atoms with Crippen molar-refractivity contribution >= 4 is 0 Å². The molecule has 0 aliphatic heterocycles. The highest BCUT2D eigenvalue weighted by molar-refractivity contribution is 4.94. The third-order valence-corrected chi connectivity index (χ3v) is 1.72. The van der Waals surface area contributed by atoms with Gasteiger partial charge in [-0.25, -0.2) is 0 Å². The van der Waals surface area contributed by atoms with Gasteiger partial charge >= 0.3 is 0 Å². The van der Waals surface area contributed by atoms with Crippen LogP contribution in [0.5, 0.6) is 0 Å². The lowest BCUT2D eigenvalue weighted by molar-refractivity contribution is 0.283. The fraction of sp³-hybridized carbons (Fsp3) is 0.778. The summed E-state index contributed by atoms with van der Waals surface area (Å²) in [6.45, 7) is 4.56. The molecule has 0 aliphatic carbocycles. The molecule has 0 radical (unpaired) electrons. The number of unbranched alkanes of at least 4 members (excludes halogenated alkanes) is 2. The third kappa shape index (κ3) is 5.83. The topological polar surface area (TPSA) is 20.2 Å². The first kappa shape index (κ1) is 9.70. The zero-order valence-electron chi connectivity index (χ0n) is 7.06. The molecule has 0 spiro atoms. The number of allylic oxidation sites excluding steroid dienone is 2. The highest BCUT2D eigenvalue weighted by Crippen LogP contribution is 2.06. The Labute approximate surface area is 63.8 Å². The van der Waals surface area contributed by atoms with E-state index < -0.39 is 0 Å². The predicted octanol–water partition coefficient (Wildman–Crippen LogP) is 2.51. The van der Waals surface area contributed by atoms with Gasteiger partial charge in [-0.1, -0.05) is 18.1 Å². The number of hydrogen-bond acceptors (Lipinski definition) is 1. The van der Waals surface area contributed by atoms with Gasteiger partial charge in [-0.15, -0.1) is 0 Å². The van der Waals surface area contributed by atoms with Crippen molar-refractivity contribution < 1.29 is 5.11 Å². The molecule has 1 heteroatoms. The first-order chi connectivity index (χ1) is 4.81. The van der Waals surface area contributed by atoms with Gasteiger partial charge in [0.15, 0.2) is 0 Å². The first-order valence-corrected chi connectivity index (χ1v) is 4.04. The van der Waals surface area contributed by atoms with Gasteiger partial charge in [0.25, 0.3) is 0 Å². The molecular weight excluding hydrogens is 124 g/mol. The monoisotopic (exact) mass is 142 g/mol. The van der Waals surface area contributed by atoms with E-state index in [1.807, 2.05) is 0 Å². The van der Waals surface area contributed by atoms with Crippen molar-refractivity contribution in [3.05, 3.63) is 11.6 Å². The molecule has 0 aromatic carbocycles.